The van der Waals surface area contributed by atoms with Gasteiger partial charge in [-0.2, -0.15) is 31.8 Å². The van der Waals surface area contributed by atoms with E-state index in [1.165, 1.54) is 23.7 Å². The molecule has 1 fully saturated rings. The maximum Gasteiger partial charge on any atom is 0.516 e. The van der Waals surface area contributed by atoms with E-state index in [2.05, 4.69) is 20.1 Å². The summed E-state index contributed by atoms with van der Waals surface area (Å²) < 4.78 is 65.5. The second-order valence-electron chi connectivity index (χ2n) is 7.59. The van der Waals surface area contributed by atoms with Crippen molar-refractivity contribution in [2.24, 2.45) is 17.3 Å². The third-order valence-corrected chi connectivity index (χ3v) is 6.44. The van der Waals surface area contributed by atoms with E-state index >= 15 is 0 Å². The molecule has 0 atom stereocenters. The van der Waals surface area contributed by atoms with E-state index < -0.39 is 15.5 Å². The number of benzene rings is 1. The Morgan fingerprint density at radius 3 is 2.62 bits per heavy atom. The highest BCUT2D eigenvalue weighted by Crippen LogP contribution is 2.43. The second-order valence-corrected chi connectivity index (χ2v) is 9.27. The van der Waals surface area contributed by atoms with Crippen LogP contribution in [-0.4, -0.2) is 36.1 Å². The summed E-state index contributed by atoms with van der Waals surface area (Å²) in [5.74, 6) is -0.131. The van der Waals surface area contributed by atoms with Gasteiger partial charge in [-0.25, -0.2) is 0 Å². The maximum absolute atomic E-state index is 13.0. The number of rotatable bonds is 5. The smallest absolute Gasteiger partial charge is 0.381 e. The number of alkyl halides is 3. The fraction of sp³-hybridized carbons (Fsp3) is 0.444. The molecule has 1 saturated carbocycles. The van der Waals surface area contributed by atoms with Crippen LogP contribution in [0.15, 0.2) is 22.4 Å². The number of anilines is 3. The van der Waals surface area contributed by atoms with Gasteiger partial charge in [0, 0.05) is 25.3 Å². The molecule has 2 aromatic rings. The van der Waals surface area contributed by atoms with Gasteiger partial charge in [-0.1, -0.05) is 0 Å². The molecule has 3 N–H and O–H groups in total. The lowest BCUT2D eigenvalue weighted by Crippen LogP contribution is -2.32. The molecule has 2 heterocycles. The number of nitrogens with one attached hydrogen (secondary N) is 1. The minimum absolute atomic E-state index is 0.0439. The average Bonchev–Trinajstić information content (AvgIpc) is 3.51. The predicted octanol–water partition coefficient (Wildman–Crippen LogP) is 3.47. The summed E-state index contributed by atoms with van der Waals surface area (Å²) in [6.07, 6.45) is 3.48. The van der Waals surface area contributed by atoms with Gasteiger partial charge in [0.15, 0.2) is 11.5 Å². The van der Waals surface area contributed by atoms with Crippen LogP contribution in [0.4, 0.5) is 42.0 Å². The van der Waals surface area contributed by atoms with Crippen LogP contribution in [-0.2, 0) is 23.5 Å². The summed E-state index contributed by atoms with van der Waals surface area (Å²) in [5.41, 5.74) is 1.27. The summed E-state index contributed by atoms with van der Waals surface area (Å²) in [7, 11) is -4.20. The van der Waals surface area contributed by atoms with Crippen LogP contribution >= 0.6 is 0 Å². The van der Waals surface area contributed by atoms with Gasteiger partial charge in [-0.05, 0) is 43.4 Å². The minimum atomic E-state index is -5.67. The lowest BCUT2D eigenvalue weighted by Gasteiger charge is -2.32. The number of aromatic nitrogens is 2. The van der Waals surface area contributed by atoms with Gasteiger partial charge in [-0.15, -0.1) is 10.2 Å². The van der Waals surface area contributed by atoms with Crippen molar-refractivity contribution in [3.8, 4) is 6.07 Å². The fourth-order valence-electron chi connectivity index (χ4n) is 3.61. The van der Waals surface area contributed by atoms with E-state index in [0.29, 0.717) is 18.2 Å². The Bertz CT molecular complexity index is 1240. The maximum atomic E-state index is 13.0. The number of hydrogen-bond donors (Lipinski definition) is 2. The molecule has 10 nitrogen and oxygen atoms in total. The van der Waals surface area contributed by atoms with Crippen molar-refractivity contribution in [2.75, 3.05) is 21.9 Å². The minimum Gasteiger partial charge on any atom is -0.381 e. The van der Waals surface area contributed by atoms with Gasteiger partial charge in [0.1, 0.15) is 11.8 Å². The van der Waals surface area contributed by atoms with Crippen molar-refractivity contribution in [1.29, 1.82) is 5.26 Å². The number of azo groups is 1. The molecule has 2 aliphatic rings. The topological polar surface area (TPSA) is 142 Å². The summed E-state index contributed by atoms with van der Waals surface area (Å²) in [5, 5.41) is 16.9. The zero-order valence-corrected chi connectivity index (χ0v) is 17.7. The van der Waals surface area contributed by atoms with Crippen molar-refractivity contribution < 1.29 is 21.6 Å². The highest BCUT2D eigenvalue weighted by molar-refractivity contribution is 7.93. The Balaban J connectivity index is 1.79. The Morgan fingerprint density at radius 2 is 2.03 bits per heavy atom. The fourth-order valence-corrected chi connectivity index (χ4v) is 4.18. The number of aryl methyl sites for hydroxylation is 1. The predicted molar refractivity (Wildman–Crippen MR) is 110 cm³/mol. The van der Waals surface area contributed by atoms with Crippen LogP contribution in [0.3, 0.4) is 0 Å². The monoisotopic (exact) mass is 468 g/mol. The lowest BCUT2D eigenvalue weighted by atomic mass is 10.00. The van der Waals surface area contributed by atoms with Gasteiger partial charge in [0.25, 0.3) is 5.95 Å². The van der Waals surface area contributed by atoms with Crippen LogP contribution in [0, 0.1) is 11.3 Å². The Hall–Kier alpha value is -3.34. The zero-order chi connectivity index (χ0) is 23.3. The van der Waals surface area contributed by atoms with Gasteiger partial charge in [-0.3, -0.25) is 4.72 Å². The van der Waals surface area contributed by atoms with Crippen molar-refractivity contribution >= 4 is 38.9 Å². The van der Waals surface area contributed by atoms with Crippen molar-refractivity contribution in [1.82, 2.24) is 9.55 Å². The van der Waals surface area contributed by atoms with Crippen LogP contribution < -0.4 is 15.4 Å². The highest BCUT2D eigenvalue weighted by atomic mass is 32.2. The Morgan fingerprint density at radius 1 is 1.31 bits per heavy atom. The highest BCUT2D eigenvalue weighted by Gasteiger charge is 2.46. The number of hydrogen-bond acceptors (Lipinski definition) is 8. The first kappa shape index (κ1) is 21.9. The van der Waals surface area contributed by atoms with E-state index in [1.807, 2.05) is 6.07 Å². The number of halogens is 3. The van der Waals surface area contributed by atoms with E-state index in [-0.39, 0.29) is 28.8 Å². The number of nitrogen functional groups attached to an aromatic ring is 1. The van der Waals surface area contributed by atoms with Crippen molar-refractivity contribution in [2.45, 2.75) is 37.2 Å². The molecule has 0 amide bonds. The first-order valence-electron chi connectivity index (χ1n) is 9.68. The van der Waals surface area contributed by atoms with Gasteiger partial charge < -0.3 is 15.2 Å². The standard InChI is InChI=1S/C18H19F3N8O2S/c1-28-15(9-22)16(23)24-17(28)26-25-12-7-10-3-2-6-29(11-4-5-11)14(10)8-13(12)27-32(30,31)18(19,20)21/h7-8,11,27H,2-6,23H2,1H3. The molecule has 4 rings (SSSR count). The van der Waals surface area contributed by atoms with E-state index in [0.717, 1.165) is 31.4 Å². The van der Waals surface area contributed by atoms with Crippen LogP contribution in [0.5, 0.6) is 0 Å². The van der Waals surface area contributed by atoms with Crippen molar-refractivity contribution in [3.63, 3.8) is 0 Å². The summed E-state index contributed by atoms with van der Waals surface area (Å²) >= 11 is 0. The number of sulfonamides is 1. The molecule has 170 valence electrons. The summed E-state index contributed by atoms with van der Waals surface area (Å²) in [6.45, 7) is 0.744. The quantitative estimate of drug-likeness (QED) is 0.644. The number of nitrogens with two attached hydrogens (primary N) is 1. The Kier molecular flexibility index (Phi) is 5.24. The molecule has 1 aliphatic heterocycles. The number of nitriles is 1. The SMILES string of the molecule is Cn1c(N=Nc2cc3c(cc2NS(=O)(=O)C(F)(F)F)N(C2CC2)CCC3)nc(N)c1C#N. The molecular formula is C18H19F3N8O2S. The zero-order valence-electron chi connectivity index (χ0n) is 16.9. The molecule has 0 radical (unpaired) electrons. The summed E-state index contributed by atoms with van der Waals surface area (Å²) in [4.78, 5) is 5.99. The molecule has 0 saturated heterocycles. The van der Waals surface area contributed by atoms with Gasteiger partial charge in [0.05, 0.1) is 5.69 Å². The third kappa shape index (κ3) is 3.95. The average molecular weight is 468 g/mol. The molecule has 0 spiro atoms. The molecule has 0 unspecified atom stereocenters. The molecule has 1 aliphatic carbocycles. The number of fused-ring (bicyclic) bond motifs is 1. The van der Waals surface area contributed by atoms with E-state index in [1.54, 1.807) is 4.72 Å². The number of imidazole rings is 1. The summed E-state index contributed by atoms with van der Waals surface area (Å²) in [6, 6.07) is 5.05. The molecule has 1 aromatic heterocycles. The molecular weight excluding hydrogens is 449 g/mol. The molecule has 32 heavy (non-hydrogen) atoms. The largest absolute Gasteiger partial charge is 0.516 e. The first-order valence-corrected chi connectivity index (χ1v) is 11.2. The molecule has 0 bridgehead atoms. The third-order valence-electron chi connectivity index (χ3n) is 5.34. The molecule has 1 aromatic carbocycles. The lowest BCUT2D eigenvalue weighted by molar-refractivity contribution is -0.0429. The van der Waals surface area contributed by atoms with Gasteiger partial charge in [0.2, 0.25) is 0 Å². The van der Waals surface area contributed by atoms with E-state index in [9.17, 15) is 21.6 Å². The second kappa shape index (κ2) is 7.66. The molecule has 14 heteroatoms. The Labute approximate surface area is 181 Å². The number of nitrogens with zero attached hydrogens (tertiary/aromatic N) is 6. The van der Waals surface area contributed by atoms with Crippen molar-refractivity contribution in [3.05, 3.63) is 23.4 Å². The van der Waals surface area contributed by atoms with Gasteiger partial charge >= 0.3 is 15.5 Å². The van der Waals surface area contributed by atoms with Crippen LogP contribution in [0.2, 0.25) is 0 Å². The normalized spacial score (nSPS) is 16.8. The first-order chi connectivity index (χ1) is 15.0. The van der Waals surface area contributed by atoms with Crippen LogP contribution in [0.25, 0.3) is 0 Å². The van der Waals surface area contributed by atoms with E-state index in [4.69, 9.17) is 11.0 Å². The van der Waals surface area contributed by atoms with Crippen LogP contribution in [0.1, 0.15) is 30.5 Å².